The molecule has 0 amide bonds. The standard InChI is InChI=1S/C27H40N2O5/c1-6-33-28-19-12-13-26(4)18(14-19)8-9-20-21-10-11-22(27(21,5)15-24(31)25(20)26)23(29-34-7-2)16-32-17(3)30/h12-14,20-22,24-25,31H,6-11,15-16H2,1-5H3/b28-19?,29-23+. The van der Waals surface area contributed by atoms with Crippen molar-refractivity contribution in [2.24, 2.45) is 44.8 Å². The SMILES string of the molecule is CCON=C1C=CC2(C)C(=C1)CCC1C2C(O)CC2(C)C(/C(COC(C)=O)=N/OCC)CCC12. The summed E-state index contributed by atoms with van der Waals surface area (Å²) in [5.41, 5.74) is 2.72. The van der Waals surface area contributed by atoms with Gasteiger partial charge in [-0.1, -0.05) is 35.8 Å². The van der Waals surface area contributed by atoms with E-state index in [0.717, 1.165) is 37.1 Å². The molecule has 7 atom stereocenters. The van der Waals surface area contributed by atoms with Crippen LogP contribution in [0.25, 0.3) is 0 Å². The van der Waals surface area contributed by atoms with Crippen LogP contribution in [0.15, 0.2) is 34.1 Å². The lowest BCUT2D eigenvalue weighted by molar-refractivity contribution is -0.139. The van der Waals surface area contributed by atoms with E-state index in [1.54, 1.807) is 0 Å². The minimum absolute atomic E-state index is 0.103. The summed E-state index contributed by atoms with van der Waals surface area (Å²) in [5, 5.41) is 20.3. The van der Waals surface area contributed by atoms with E-state index >= 15 is 0 Å². The predicted octanol–water partition coefficient (Wildman–Crippen LogP) is 4.66. The molecule has 0 saturated heterocycles. The number of hydrogen-bond acceptors (Lipinski definition) is 7. The normalized spacial score (nSPS) is 40.2. The Morgan fingerprint density at radius 1 is 1.18 bits per heavy atom. The van der Waals surface area contributed by atoms with Crippen LogP contribution in [-0.4, -0.2) is 48.4 Å². The topological polar surface area (TPSA) is 89.7 Å². The molecule has 3 saturated carbocycles. The smallest absolute Gasteiger partial charge is 0.303 e. The molecule has 0 bridgehead atoms. The van der Waals surface area contributed by atoms with Crippen LogP contribution in [0, 0.1) is 34.5 Å². The first-order valence-electron chi connectivity index (χ1n) is 12.8. The molecule has 7 nitrogen and oxygen atoms in total. The van der Waals surface area contributed by atoms with E-state index in [-0.39, 0.29) is 35.2 Å². The quantitative estimate of drug-likeness (QED) is 0.331. The Morgan fingerprint density at radius 3 is 2.65 bits per heavy atom. The average molecular weight is 473 g/mol. The molecule has 0 aromatic carbocycles. The van der Waals surface area contributed by atoms with Crippen molar-refractivity contribution in [2.75, 3.05) is 19.8 Å². The number of esters is 1. The lowest BCUT2D eigenvalue weighted by atomic mass is 9.46. The molecule has 0 aromatic heterocycles. The summed E-state index contributed by atoms with van der Waals surface area (Å²) in [6, 6.07) is 0. The highest BCUT2D eigenvalue weighted by Crippen LogP contribution is 2.66. The predicted molar refractivity (Wildman–Crippen MR) is 131 cm³/mol. The molecule has 1 N–H and O–H groups in total. The number of aliphatic hydroxyl groups excluding tert-OH is 1. The van der Waals surface area contributed by atoms with Gasteiger partial charge in [-0.15, -0.1) is 0 Å². The van der Waals surface area contributed by atoms with E-state index in [1.165, 1.54) is 12.5 Å². The average Bonchev–Trinajstić information content (AvgIpc) is 3.13. The summed E-state index contributed by atoms with van der Waals surface area (Å²) < 4.78 is 5.35. The van der Waals surface area contributed by atoms with E-state index in [0.29, 0.717) is 31.5 Å². The molecule has 3 fully saturated rings. The van der Waals surface area contributed by atoms with Gasteiger partial charge in [0.05, 0.1) is 11.8 Å². The number of allylic oxidation sites excluding steroid dienone is 4. The fourth-order valence-electron chi connectivity index (χ4n) is 7.59. The summed E-state index contributed by atoms with van der Waals surface area (Å²) in [5.74, 6) is 0.910. The van der Waals surface area contributed by atoms with E-state index in [1.807, 2.05) is 19.9 Å². The number of nitrogens with zero attached hydrogens (tertiary/aromatic N) is 2. The van der Waals surface area contributed by atoms with Crippen molar-refractivity contribution in [3.8, 4) is 0 Å². The third kappa shape index (κ3) is 4.32. The van der Waals surface area contributed by atoms with E-state index < -0.39 is 6.10 Å². The lowest BCUT2D eigenvalue weighted by Crippen LogP contribution is -2.56. The van der Waals surface area contributed by atoms with Crippen LogP contribution in [-0.2, 0) is 19.2 Å². The Morgan fingerprint density at radius 2 is 1.94 bits per heavy atom. The second-order valence-electron chi connectivity index (χ2n) is 10.7. The Labute approximate surface area is 203 Å². The number of ether oxygens (including phenoxy) is 1. The molecule has 4 rings (SSSR count). The van der Waals surface area contributed by atoms with Gasteiger partial charge in [0.25, 0.3) is 0 Å². The van der Waals surface area contributed by atoms with Crippen molar-refractivity contribution in [3.63, 3.8) is 0 Å². The molecule has 0 aromatic rings. The van der Waals surface area contributed by atoms with Crippen molar-refractivity contribution in [1.29, 1.82) is 0 Å². The first-order valence-corrected chi connectivity index (χ1v) is 12.8. The molecule has 0 aliphatic heterocycles. The van der Waals surface area contributed by atoms with E-state index in [4.69, 9.17) is 14.4 Å². The monoisotopic (exact) mass is 472 g/mol. The summed E-state index contributed by atoms with van der Waals surface area (Å²) in [6.07, 6.45) is 10.9. The second-order valence-corrected chi connectivity index (χ2v) is 10.7. The second kappa shape index (κ2) is 9.84. The molecule has 7 heteroatoms. The van der Waals surface area contributed by atoms with Gasteiger partial charge in [0, 0.05) is 24.2 Å². The van der Waals surface area contributed by atoms with Crippen molar-refractivity contribution in [3.05, 3.63) is 23.8 Å². The molecule has 7 unspecified atom stereocenters. The number of rotatable bonds is 7. The Kier molecular flexibility index (Phi) is 7.22. The molecule has 0 heterocycles. The number of aliphatic hydroxyl groups is 1. The van der Waals surface area contributed by atoms with Crippen LogP contribution in [0.2, 0.25) is 0 Å². The van der Waals surface area contributed by atoms with Gasteiger partial charge < -0.3 is 19.5 Å². The number of hydrogen-bond donors (Lipinski definition) is 1. The van der Waals surface area contributed by atoms with Gasteiger partial charge in [-0.3, -0.25) is 4.79 Å². The zero-order chi connectivity index (χ0) is 24.5. The molecule has 34 heavy (non-hydrogen) atoms. The maximum absolute atomic E-state index is 11.6. The van der Waals surface area contributed by atoms with Crippen molar-refractivity contribution >= 4 is 17.4 Å². The van der Waals surface area contributed by atoms with Gasteiger partial charge in [0.15, 0.2) is 0 Å². The van der Waals surface area contributed by atoms with Crippen LogP contribution in [0.4, 0.5) is 0 Å². The largest absolute Gasteiger partial charge is 0.460 e. The molecule has 188 valence electrons. The number of carbonyl (C=O) groups excluding carboxylic acids is 1. The maximum atomic E-state index is 11.6. The number of carbonyl (C=O) groups is 1. The van der Waals surface area contributed by atoms with Gasteiger partial charge in [0.2, 0.25) is 0 Å². The van der Waals surface area contributed by atoms with E-state index in [2.05, 4.69) is 36.3 Å². The first-order chi connectivity index (χ1) is 16.2. The Hall–Kier alpha value is -2.15. The lowest BCUT2D eigenvalue weighted by Gasteiger charge is -2.58. The van der Waals surface area contributed by atoms with Crippen molar-refractivity contribution in [2.45, 2.75) is 72.8 Å². The van der Waals surface area contributed by atoms with Crippen LogP contribution >= 0.6 is 0 Å². The van der Waals surface area contributed by atoms with Gasteiger partial charge in [0.1, 0.15) is 25.5 Å². The molecular formula is C27H40N2O5. The minimum Gasteiger partial charge on any atom is -0.460 e. The minimum atomic E-state index is -0.419. The third-order valence-electron chi connectivity index (χ3n) is 8.94. The van der Waals surface area contributed by atoms with Crippen LogP contribution in [0.5, 0.6) is 0 Å². The van der Waals surface area contributed by atoms with Gasteiger partial charge >= 0.3 is 5.97 Å². The molecule has 4 aliphatic rings. The third-order valence-corrected chi connectivity index (χ3v) is 8.94. The number of fused-ring (bicyclic) bond motifs is 5. The summed E-state index contributed by atoms with van der Waals surface area (Å²) >= 11 is 0. The van der Waals surface area contributed by atoms with Crippen LogP contribution in [0.1, 0.15) is 66.7 Å². The van der Waals surface area contributed by atoms with E-state index in [9.17, 15) is 9.90 Å². The molecule has 4 aliphatic carbocycles. The Bertz CT molecular complexity index is 909. The zero-order valence-corrected chi connectivity index (χ0v) is 21.3. The van der Waals surface area contributed by atoms with Crippen LogP contribution < -0.4 is 0 Å². The summed E-state index contributed by atoms with van der Waals surface area (Å²) in [4.78, 5) is 22.2. The van der Waals surface area contributed by atoms with Crippen molar-refractivity contribution < 1.29 is 24.3 Å². The highest BCUT2D eigenvalue weighted by Gasteiger charge is 2.62. The number of oxime groups is 2. The molecule has 0 radical (unpaired) electrons. The zero-order valence-electron chi connectivity index (χ0n) is 21.3. The van der Waals surface area contributed by atoms with Crippen molar-refractivity contribution in [1.82, 2.24) is 0 Å². The van der Waals surface area contributed by atoms with Gasteiger partial charge in [-0.25, -0.2) is 0 Å². The van der Waals surface area contributed by atoms with Gasteiger partial charge in [-0.2, -0.15) is 0 Å². The Balaban J connectivity index is 1.61. The molecule has 0 spiro atoms. The highest BCUT2D eigenvalue weighted by atomic mass is 16.6. The summed E-state index contributed by atoms with van der Waals surface area (Å²) in [7, 11) is 0. The maximum Gasteiger partial charge on any atom is 0.303 e. The fraction of sp³-hybridized carbons (Fsp3) is 0.741. The van der Waals surface area contributed by atoms with Gasteiger partial charge in [-0.05, 0) is 75.4 Å². The fourth-order valence-corrected chi connectivity index (χ4v) is 7.59. The first kappa shape index (κ1) is 25.0. The molecular weight excluding hydrogens is 432 g/mol. The summed E-state index contributed by atoms with van der Waals surface area (Å²) in [6.45, 7) is 11.0. The van der Waals surface area contributed by atoms with Crippen LogP contribution in [0.3, 0.4) is 0 Å². The highest BCUT2D eigenvalue weighted by molar-refractivity contribution is 6.05.